The van der Waals surface area contributed by atoms with E-state index in [9.17, 15) is 9.59 Å². The molecule has 0 spiro atoms. The van der Waals surface area contributed by atoms with Crippen molar-refractivity contribution in [2.75, 3.05) is 13.6 Å². The Labute approximate surface area is 133 Å². The second-order valence-electron chi connectivity index (χ2n) is 6.08. The molecule has 1 amide bonds. The summed E-state index contributed by atoms with van der Waals surface area (Å²) < 4.78 is 0. The van der Waals surface area contributed by atoms with Crippen molar-refractivity contribution >= 4 is 17.6 Å². The molecule has 6 N–H and O–H groups in total. The van der Waals surface area contributed by atoms with E-state index in [1.165, 1.54) is 0 Å². The normalized spacial score (nSPS) is 13.8. The van der Waals surface area contributed by atoms with Gasteiger partial charge in [0.25, 0.3) is 0 Å². The maximum Gasteiger partial charge on any atom is 0.237 e. The third kappa shape index (κ3) is 7.40. The minimum atomic E-state index is -0.503. The van der Waals surface area contributed by atoms with Gasteiger partial charge in [0.15, 0.2) is 11.7 Å². The minimum Gasteiger partial charge on any atom is -0.370 e. The van der Waals surface area contributed by atoms with Gasteiger partial charge in [0.2, 0.25) is 5.91 Å². The van der Waals surface area contributed by atoms with Crippen LogP contribution in [0.25, 0.3) is 0 Å². The molecule has 7 nitrogen and oxygen atoms in total. The van der Waals surface area contributed by atoms with Crippen LogP contribution < -0.4 is 22.1 Å². The van der Waals surface area contributed by atoms with Crippen molar-refractivity contribution in [2.45, 2.75) is 52.6 Å². The summed E-state index contributed by atoms with van der Waals surface area (Å²) in [6, 6.07) is -0.823. The third-order valence-corrected chi connectivity index (χ3v) is 3.43. The van der Waals surface area contributed by atoms with Crippen LogP contribution in [0.15, 0.2) is 4.99 Å². The van der Waals surface area contributed by atoms with Gasteiger partial charge < -0.3 is 22.1 Å². The topological polar surface area (TPSA) is 123 Å². The van der Waals surface area contributed by atoms with Crippen molar-refractivity contribution in [3.63, 3.8) is 0 Å². The summed E-state index contributed by atoms with van der Waals surface area (Å²) in [5.41, 5.74) is 10.5. The number of likely N-dealkylation sites (N-methyl/N-ethyl adjacent to an activating group) is 1. The Balaban J connectivity index is 4.76. The largest absolute Gasteiger partial charge is 0.370 e. The smallest absolute Gasteiger partial charge is 0.237 e. The van der Waals surface area contributed by atoms with Gasteiger partial charge in [-0.25, -0.2) is 0 Å². The van der Waals surface area contributed by atoms with Crippen molar-refractivity contribution in [1.82, 2.24) is 10.6 Å². The number of guanidine groups is 1. The van der Waals surface area contributed by atoms with E-state index in [-0.39, 0.29) is 35.5 Å². The predicted octanol–water partition coefficient (Wildman–Crippen LogP) is -0.00610. The summed E-state index contributed by atoms with van der Waals surface area (Å²) in [5, 5.41) is 5.84. The fraction of sp³-hybridized carbons (Fsp3) is 0.800. The Morgan fingerprint density at radius 2 is 1.73 bits per heavy atom. The van der Waals surface area contributed by atoms with Crippen LogP contribution in [0.2, 0.25) is 0 Å². The summed E-state index contributed by atoms with van der Waals surface area (Å²) in [5.74, 6) is -0.0947. The van der Waals surface area contributed by atoms with E-state index < -0.39 is 6.04 Å². The van der Waals surface area contributed by atoms with Gasteiger partial charge in [-0.2, -0.15) is 0 Å². The van der Waals surface area contributed by atoms with Crippen molar-refractivity contribution in [1.29, 1.82) is 0 Å². The van der Waals surface area contributed by atoms with Gasteiger partial charge >= 0.3 is 0 Å². The van der Waals surface area contributed by atoms with Crippen LogP contribution in [0.4, 0.5) is 0 Å². The van der Waals surface area contributed by atoms with Crippen LogP contribution in [-0.4, -0.2) is 43.3 Å². The molecule has 0 saturated heterocycles. The summed E-state index contributed by atoms with van der Waals surface area (Å²) in [6.45, 7) is 8.02. The molecule has 0 bridgehead atoms. The maximum absolute atomic E-state index is 12.3. The molecule has 0 rings (SSSR count). The van der Waals surface area contributed by atoms with E-state index in [0.29, 0.717) is 19.4 Å². The summed E-state index contributed by atoms with van der Waals surface area (Å²) in [6.07, 6.45) is 1.15. The highest BCUT2D eigenvalue weighted by Gasteiger charge is 2.27. The first-order valence-electron chi connectivity index (χ1n) is 7.77. The van der Waals surface area contributed by atoms with Crippen LogP contribution in [0.5, 0.6) is 0 Å². The van der Waals surface area contributed by atoms with Gasteiger partial charge in [-0.05, 0) is 25.8 Å². The number of amides is 1. The summed E-state index contributed by atoms with van der Waals surface area (Å²) >= 11 is 0. The molecule has 0 radical (unpaired) electrons. The second-order valence-corrected chi connectivity index (χ2v) is 6.08. The molecular weight excluding hydrogens is 282 g/mol. The monoisotopic (exact) mass is 313 g/mol. The van der Waals surface area contributed by atoms with Crippen LogP contribution in [0.1, 0.15) is 40.5 Å². The van der Waals surface area contributed by atoms with E-state index in [1.54, 1.807) is 7.05 Å². The Hall–Kier alpha value is -1.63. The Morgan fingerprint density at radius 3 is 2.14 bits per heavy atom. The lowest BCUT2D eigenvalue weighted by atomic mass is 9.96. The lowest BCUT2D eigenvalue weighted by molar-refractivity contribution is -0.131. The lowest BCUT2D eigenvalue weighted by Gasteiger charge is -2.24. The number of rotatable bonds is 10. The Morgan fingerprint density at radius 1 is 1.14 bits per heavy atom. The molecule has 2 atom stereocenters. The molecule has 0 heterocycles. The third-order valence-electron chi connectivity index (χ3n) is 3.43. The number of carbonyl (C=O) groups excluding carboxylic acids is 2. The highest BCUT2D eigenvalue weighted by molar-refractivity contribution is 5.91. The number of aliphatic imine (C=N–C) groups is 1. The van der Waals surface area contributed by atoms with E-state index in [4.69, 9.17) is 11.5 Å². The molecule has 0 aliphatic carbocycles. The van der Waals surface area contributed by atoms with Crippen LogP contribution >= 0.6 is 0 Å². The highest BCUT2D eigenvalue weighted by atomic mass is 16.2. The van der Waals surface area contributed by atoms with E-state index in [2.05, 4.69) is 15.6 Å². The van der Waals surface area contributed by atoms with Gasteiger partial charge in [-0.15, -0.1) is 0 Å². The zero-order valence-corrected chi connectivity index (χ0v) is 14.3. The quantitative estimate of drug-likeness (QED) is 0.257. The molecule has 0 aromatic carbocycles. The lowest BCUT2D eigenvalue weighted by Crippen LogP contribution is -2.52. The van der Waals surface area contributed by atoms with Crippen LogP contribution in [0.3, 0.4) is 0 Å². The van der Waals surface area contributed by atoms with Gasteiger partial charge in [-0.3, -0.25) is 14.6 Å². The summed E-state index contributed by atoms with van der Waals surface area (Å²) in [4.78, 5) is 28.5. The number of hydrogen-bond acceptors (Lipinski definition) is 4. The molecule has 0 saturated carbocycles. The second kappa shape index (κ2) is 10.2. The van der Waals surface area contributed by atoms with Gasteiger partial charge in [0.05, 0.1) is 12.1 Å². The average molecular weight is 313 g/mol. The molecular formula is C15H31N5O2. The van der Waals surface area contributed by atoms with Crippen LogP contribution in [0, 0.1) is 11.8 Å². The Bertz CT molecular complexity index is 389. The SMILES string of the molecule is CN[C@H](C(=O)N[C@@H](CCCN=C(N)N)C(=O)C(C)C)C(C)C. The van der Waals surface area contributed by atoms with Gasteiger partial charge in [0.1, 0.15) is 0 Å². The van der Waals surface area contributed by atoms with Gasteiger partial charge in [-0.1, -0.05) is 27.7 Å². The summed E-state index contributed by atoms with van der Waals surface area (Å²) in [7, 11) is 1.74. The van der Waals surface area contributed by atoms with Crippen molar-refractivity contribution < 1.29 is 9.59 Å². The first-order chi connectivity index (χ1) is 10.2. The molecule has 0 fully saturated rings. The number of hydrogen-bond donors (Lipinski definition) is 4. The van der Waals surface area contributed by atoms with Crippen molar-refractivity contribution in [3.8, 4) is 0 Å². The fourth-order valence-corrected chi connectivity index (χ4v) is 2.22. The molecule has 7 heteroatoms. The van der Waals surface area contributed by atoms with Gasteiger partial charge in [0, 0.05) is 12.5 Å². The average Bonchev–Trinajstić information content (AvgIpc) is 2.41. The molecule has 128 valence electrons. The number of nitrogens with zero attached hydrogens (tertiary/aromatic N) is 1. The number of carbonyl (C=O) groups is 2. The zero-order valence-electron chi connectivity index (χ0n) is 14.3. The number of nitrogens with two attached hydrogens (primary N) is 2. The predicted molar refractivity (Wildman–Crippen MR) is 89.4 cm³/mol. The minimum absolute atomic E-state index is 0.0247. The Kier molecular flexibility index (Phi) is 9.40. The molecule has 0 aromatic rings. The zero-order chi connectivity index (χ0) is 17.3. The number of ketones is 1. The maximum atomic E-state index is 12.3. The highest BCUT2D eigenvalue weighted by Crippen LogP contribution is 2.09. The molecule has 0 aliphatic heterocycles. The molecule has 22 heavy (non-hydrogen) atoms. The van der Waals surface area contributed by atoms with Crippen LogP contribution in [-0.2, 0) is 9.59 Å². The first kappa shape index (κ1) is 20.4. The van der Waals surface area contributed by atoms with E-state index in [0.717, 1.165) is 0 Å². The van der Waals surface area contributed by atoms with Crippen molar-refractivity contribution in [2.24, 2.45) is 28.3 Å². The number of nitrogens with one attached hydrogen (secondary N) is 2. The van der Waals surface area contributed by atoms with E-state index in [1.807, 2.05) is 27.7 Å². The molecule has 0 aromatic heterocycles. The van der Waals surface area contributed by atoms with E-state index >= 15 is 0 Å². The standard InChI is InChI=1S/C15H31N5O2/c1-9(2)12(18-5)14(22)20-11(13(21)10(3)4)7-6-8-19-15(16)17/h9-12,18H,6-8H2,1-5H3,(H,20,22)(H4,16,17,19)/t11-,12-/m0/s1. The number of Topliss-reactive ketones (excluding diaryl/α,β-unsaturated/α-hetero) is 1. The fourth-order valence-electron chi connectivity index (χ4n) is 2.22. The first-order valence-corrected chi connectivity index (χ1v) is 7.77. The molecule has 0 aliphatic rings. The van der Waals surface area contributed by atoms with Crippen molar-refractivity contribution in [3.05, 3.63) is 0 Å². The molecule has 0 unspecified atom stereocenters.